The summed E-state index contributed by atoms with van der Waals surface area (Å²) in [6.45, 7) is 0.516. The highest BCUT2D eigenvalue weighted by molar-refractivity contribution is 6.06. The number of aliphatic imine (C=N–C) groups is 1. The lowest BCUT2D eigenvalue weighted by molar-refractivity contribution is -0.880. The number of ether oxygens (including phenoxy) is 2. The summed E-state index contributed by atoms with van der Waals surface area (Å²) in [7, 11) is 6.27. The van der Waals surface area contributed by atoms with Gasteiger partial charge in [0.05, 0.1) is 65.4 Å². The highest BCUT2D eigenvalue weighted by Gasteiger charge is 2.38. The summed E-state index contributed by atoms with van der Waals surface area (Å²) in [6.07, 6.45) is 9.90. The van der Waals surface area contributed by atoms with Crippen molar-refractivity contribution in [2.24, 2.45) is 4.99 Å². The van der Waals surface area contributed by atoms with Crippen LogP contribution < -0.4 is 24.6 Å². The van der Waals surface area contributed by atoms with Crippen molar-refractivity contribution in [2.75, 3.05) is 56.5 Å². The van der Waals surface area contributed by atoms with Gasteiger partial charge in [-0.1, -0.05) is 29.3 Å². The van der Waals surface area contributed by atoms with Crippen molar-refractivity contribution in [1.82, 2.24) is 15.0 Å². The zero-order valence-electron chi connectivity index (χ0n) is 30.5. The number of methoxy groups -OCH3 is 2. The molecule has 0 saturated heterocycles. The number of hydrogen-bond acceptors (Lipinski definition) is 11. The Morgan fingerprint density at radius 3 is 2.51 bits per heavy atom. The van der Waals surface area contributed by atoms with E-state index in [0.717, 1.165) is 11.0 Å². The van der Waals surface area contributed by atoms with Crippen LogP contribution in [0.3, 0.4) is 0 Å². The molecular weight excluding hydrogens is 716 g/mol. The summed E-state index contributed by atoms with van der Waals surface area (Å²) in [6, 6.07) is 10.9. The Kier molecular flexibility index (Phi) is 11.2. The minimum Gasteiger partial charge on any atom is -0.493 e. The van der Waals surface area contributed by atoms with Gasteiger partial charge in [0.15, 0.2) is 28.9 Å². The number of rotatable bonds is 15. The van der Waals surface area contributed by atoms with Crippen molar-refractivity contribution in [1.29, 1.82) is 0 Å². The number of allylic oxidation sites excluding steroid dienone is 1. The Hall–Kier alpha value is -6.62. The van der Waals surface area contributed by atoms with Gasteiger partial charge in [-0.3, -0.25) is 19.6 Å². The number of urea groups is 1. The molecule has 4 aromatic rings. The van der Waals surface area contributed by atoms with E-state index in [1.165, 1.54) is 37.6 Å². The molecule has 55 heavy (non-hydrogen) atoms. The number of fused-ring (bicyclic) bond motifs is 1. The molecule has 2 aliphatic heterocycles. The fraction of sp³-hybridized carbons (Fsp3) is 0.263. The predicted octanol–water partition coefficient (Wildman–Crippen LogP) is 5.76. The first kappa shape index (κ1) is 38.1. The van der Waals surface area contributed by atoms with E-state index in [1.54, 1.807) is 54.9 Å². The summed E-state index contributed by atoms with van der Waals surface area (Å²) in [5.74, 6) is -2.72. The Morgan fingerprint density at radius 2 is 1.82 bits per heavy atom. The Balaban J connectivity index is 1.24. The van der Waals surface area contributed by atoms with Crippen molar-refractivity contribution >= 4 is 41.2 Å². The number of amides is 2. The summed E-state index contributed by atoms with van der Waals surface area (Å²) >= 11 is 0. The molecule has 0 saturated carbocycles. The first-order valence-corrected chi connectivity index (χ1v) is 17.1. The third kappa shape index (κ3) is 8.62. The van der Waals surface area contributed by atoms with Gasteiger partial charge in [0.2, 0.25) is 5.95 Å². The molecule has 1 N–H and O–H groups in total. The molecule has 0 spiro atoms. The van der Waals surface area contributed by atoms with E-state index in [1.807, 2.05) is 14.1 Å². The number of quaternary nitrogens is 1. The lowest BCUT2D eigenvalue weighted by Gasteiger charge is -2.36. The maximum atomic E-state index is 15.8. The van der Waals surface area contributed by atoms with Crippen LogP contribution in [0, 0.1) is 21.7 Å². The average molecular weight is 755 g/mol. The van der Waals surface area contributed by atoms with E-state index in [-0.39, 0.29) is 54.4 Å². The van der Waals surface area contributed by atoms with Crippen LogP contribution in [-0.4, -0.2) is 83.8 Å². The molecule has 0 fully saturated rings. The van der Waals surface area contributed by atoms with Crippen molar-refractivity contribution in [3.8, 4) is 11.5 Å². The molecule has 2 aliphatic rings. The molecule has 0 atom stereocenters. The molecule has 2 aromatic carbocycles. The number of aromatic nitrogens is 3. The second-order valence-corrected chi connectivity index (χ2v) is 13.5. The van der Waals surface area contributed by atoms with Gasteiger partial charge in [-0.25, -0.2) is 18.6 Å². The lowest BCUT2D eigenvalue weighted by Crippen LogP contribution is -2.48. The van der Waals surface area contributed by atoms with Gasteiger partial charge in [0.25, 0.3) is 0 Å². The first-order valence-electron chi connectivity index (χ1n) is 17.1. The van der Waals surface area contributed by atoms with E-state index in [9.17, 15) is 19.7 Å². The van der Waals surface area contributed by atoms with Crippen molar-refractivity contribution in [3.63, 3.8) is 0 Å². The Labute approximate surface area is 315 Å². The summed E-state index contributed by atoms with van der Waals surface area (Å²) < 4.78 is 42.2. The van der Waals surface area contributed by atoms with E-state index < -0.39 is 28.3 Å². The third-order valence-electron chi connectivity index (χ3n) is 8.90. The zero-order valence-corrected chi connectivity index (χ0v) is 30.5. The molecule has 0 unspecified atom stereocenters. The average Bonchev–Trinajstić information content (AvgIpc) is 3.62. The molecule has 2 aromatic heterocycles. The Bertz CT molecular complexity index is 2200. The molecule has 0 aliphatic carbocycles. The number of nitrogens with one attached hydrogen (secondary N) is 1. The van der Waals surface area contributed by atoms with Gasteiger partial charge in [-0.2, -0.15) is 4.98 Å². The predicted molar refractivity (Wildman–Crippen MR) is 200 cm³/mol. The smallest absolute Gasteiger partial charge is 0.368 e. The normalized spacial score (nSPS) is 14.1. The number of pyridine rings is 1. The number of hydrogen-bond donors (Lipinski definition) is 1. The first-order chi connectivity index (χ1) is 26.4. The molecule has 15 nitrogen and oxygen atoms in total. The third-order valence-corrected chi connectivity index (χ3v) is 8.90. The largest absolute Gasteiger partial charge is 0.493 e. The van der Waals surface area contributed by atoms with Crippen LogP contribution in [0.15, 0.2) is 89.6 Å². The monoisotopic (exact) mass is 754 g/mol. The molecule has 0 radical (unpaired) electrons. The van der Waals surface area contributed by atoms with E-state index in [0.29, 0.717) is 51.9 Å². The number of nitrogens with zero attached hydrogens (tertiary/aromatic N) is 8. The fourth-order valence-electron chi connectivity index (χ4n) is 6.34. The summed E-state index contributed by atoms with van der Waals surface area (Å²) in [4.78, 5) is 57.4. The number of halogens is 2. The number of anilines is 4. The van der Waals surface area contributed by atoms with Crippen molar-refractivity contribution in [3.05, 3.63) is 123 Å². The number of carbonyl (C=O) groups is 2. The molecular formula is C38H38F2N9O6+. The topological polar surface area (TPSA) is 165 Å². The van der Waals surface area contributed by atoms with Crippen LogP contribution in [0.4, 0.5) is 36.7 Å². The molecule has 4 heterocycles. The van der Waals surface area contributed by atoms with Crippen LogP contribution in [0.5, 0.6) is 11.5 Å². The van der Waals surface area contributed by atoms with Gasteiger partial charge in [-0.15, -0.1) is 0 Å². The van der Waals surface area contributed by atoms with Crippen LogP contribution in [0.25, 0.3) is 0 Å². The van der Waals surface area contributed by atoms with Gasteiger partial charge < -0.3 is 29.4 Å². The Morgan fingerprint density at radius 1 is 1.07 bits per heavy atom. The second kappa shape index (κ2) is 16.2. The highest BCUT2D eigenvalue weighted by atomic mass is 19.1. The van der Waals surface area contributed by atoms with E-state index in [2.05, 4.69) is 25.3 Å². The van der Waals surface area contributed by atoms with E-state index >= 15 is 8.78 Å². The minimum absolute atomic E-state index is 0.0558. The van der Waals surface area contributed by atoms with Crippen LogP contribution in [-0.2, 0) is 24.3 Å². The number of likely N-dealkylation sites (N-methyl/N-ethyl adjacent to an activating group) is 1. The SMILES string of the molecule is COc1cc(OC)c(F)c(N2Cc3cnc(Nc4cccnc4)nc3N(Cc3cccc(CC(=O)/C=C/C[N+](C)(C)CC4=C([N+](=O)[O-])N=CC4)c3)C2=O)c1F. The van der Waals surface area contributed by atoms with Crippen LogP contribution in [0.2, 0.25) is 0 Å². The maximum absolute atomic E-state index is 15.8. The highest BCUT2D eigenvalue weighted by Crippen LogP contribution is 2.41. The fourth-order valence-corrected chi connectivity index (χ4v) is 6.34. The van der Waals surface area contributed by atoms with Gasteiger partial charge >= 0.3 is 11.9 Å². The van der Waals surface area contributed by atoms with Gasteiger partial charge in [0.1, 0.15) is 24.3 Å². The number of carbonyl (C=O) groups excluding carboxylic acids is 2. The number of nitro groups is 1. The molecule has 2 amide bonds. The minimum atomic E-state index is -1.09. The maximum Gasteiger partial charge on any atom is 0.368 e. The standard InChI is InChI=1S/C38H38F2N9O6/c1-49(2,23-26-12-14-42-35(26)48(52)53)15-7-11-29(50)17-24-8-5-9-25(16-24)21-47-36-27(19-43-37(45-36)44-28-10-6-13-41-20-28)22-46(38(47)51)34-32(39)30(54-3)18-31(55-4)33(34)40/h5-11,13-14,16,18-20H,12,15,17,21-23H2,1-4H3,(H,43,44,45)/q+1/b11-7+. The molecule has 0 bridgehead atoms. The molecule has 17 heteroatoms. The van der Waals surface area contributed by atoms with Gasteiger partial charge in [0, 0.05) is 36.9 Å². The van der Waals surface area contributed by atoms with Crippen molar-refractivity contribution < 1.29 is 37.2 Å². The van der Waals surface area contributed by atoms with Crippen LogP contribution in [0.1, 0.15) is 23.1 Å². The number of ketones is 1. The van der Waals surface area contributed by atoms with Crippen LogP contribution >= 0.6 is 0 Å². The quantitative estimate of drug-likeness (QED) is 0.0683. The second-order valence-electron chi connectivity index (χ2n) is 13.5. The number of benzene rings is 2. The van der Waals surface area contributed by atoms with Gasteiger partial charge in [-0.05, 0) is 40.3 Å². The summed E-state index contributed by atoms with van der Waals surface area (Å²) in [5, 5.41) is 14.4. The van der Waals surface area contributed by atoms with Crippen molar-refractivity contribution in [2.45, 2.75) is 25.9 Å². The molecule has 284 valence electrons. The lowest BCUT2D eigenvalue weighted by atomic mass is 10.0. The zero-order chi connectivity index (χ0) is 39.3. The van der Waals surface area contributed by atoms with E-state index in [4.69, 9.17) is 9.47 Å². The summed E-state index contributed by atoms with van der Waals surface area (Å²) in [5.41, 5.74) is 2.27. The molecule has 6 rings (SSSR count).